The minimum Gasteiger partial charge on any atom is -0.466 e. The van der Waals surface area contributed by atoms with Crippen LogP contribution >= 0.6 is 0 Å². The zero-order valence-corrected chi connectivity index (χ0v) is 19.2. The molecule has 1 aliphatic carbocycles. The Bertz CT molecular complexity index is 819. The first-order valence-corrected chi connectivity index (χ1v) is 11.6. The molecule has 4 heterocycles. The van der Waals surface area contributed by atoms with Crippen molar-refractivity contribution in [1.82, 2.24) is 20.2 Å². The van der Waals surface area contributed by atoms with Gasteiger partial charge in [0, 0.05) is 24.9 Å². The topological polar surface area (TPSA) is 103 Å². The molecule has 0 spiro atoms. The minimum atomic E-state index is -0.587. The van der Waals surface area contributed by atoms with Crippen molar-refractivity contribution in [2.75, 3.05) is 19.8 Å². The molecule has 0 unspecified atom stereocenters. The fraction of sp³-hybridized carbons (Fsp3) is 0.739. The minimum absolute atomic E-state index is 0.114. The van der Waals surface area contributed by atoms with Gasteiger partial charge in [0.2, 0.25) is 5.88 Å². The van der Waals surface area contributed by atoms with Crippen LogP contribution in [0.1, 0.15) is 70.9 Å². The lowest BCUT2D eigenvalue weighted by atomic mass is 9.85. The van der Waals surface area contributed by atoms with E-state index in [2.05, 4.69) is 15.3 Å². The van der Waals surface area contributed by atoms with Gasteiger partial charge in [-0.05, 0) is 59.3 Å². The van der Waals surface area contributed by atoms with E-state index in [0.29, 0.717) is 19.0 Å². The number of ether oxygens (including phenoxy) is 3. The van der Waals surface area contributed by atoms with Crippen LogP contribution in [0.3, 0.4) is 0 Å². The highest BCUT2D eigenvalue weighted by molar-refractivity contribution is 5.78. The van der Waals surface area contributed by atoms with E-state index in [0.717, 1.165) is 44.2 Å². The Kier molecular flexibility index (Phi) is 6.83. The van der Waals surface area contributed by atoms with Crippen LogP contribution in [0.4, 0.5) is 4.79 Å². The van der Waals surface area contributed by atoms with Gasteiger partial charge in [0.05, 0.1) is 24.8 Å². The van der Waals surface area contributed by atoms with Gasteiger partial charge in [-0.3, -0.25) is 9.78 Å². The van der Waals surface area contributed by atoms with E-state index in [1.54, 1.807) is 17.3 Å². The van der Waals surface area contributed by atoms with Gasteiger partial charge in [-0.1, -0.05) is 0 Å². The molecule has 0 radical (unpaired) electrons. The molecule has 1 N–H and O–H groups in total. The molecule has 9 heteroatoms. The van der Waals surface area contributed by atoms with Crippen molar-refractivity contribution in [2.45, 2.75) is 89.0 Å². The first kappa shape index (κ1) is 22.8. The second-order valence-corrected chi connectivity index (χ2v) is 9.89. The van der Waals surface area contributed by atoms with E-state index in [9.17, 15) is 9.59 Å². The summed E-state index contributed by atoms with van der Waals surface area (Å²) in [5.74, 6) is 0.567. The maximum absolute atomic E-state index is 13.2. The van der Waals surface area contributed by atoms with Gasteiger partial charge in [-0.2, -0.15) is 0 Å². The molecule has 1 aromatic heterocycles. The van der Waals surface area contributed by atoms with Crippen molar-refractivity contribution >= 4 is 12.0 Å². The molecule has 2 fully saturated rings. The third-order valence-electron chi connectivity index (χ3n) is 6.39. The van der Waals surface area contributed by atoms with Gasteiger partial charge >= 0.3 is 6.09 Å². The lowest BCUT2D eigenvalue weighted by Gasteiger charge is -2.42. The summed E-state index contributed by atoms with van der Waals surface area (Å²) in [6.07, 6.45) is 8.22. The normalized spacial score (nSPS) is 28.8. The number of amides is 2. The Morgan fingerprint density at radius 2 is 1.91 bits per heavy atom. The quantitative estimate of drug-likeness (QED) is 0.707. The fourth-order valence-corrected chi connectivity index (χ4v) is 4.88. The molecule has 1 saturated carbocycles. The van der Waals surface area contributed by atoms with Crippen molar-refractivity contribution in [3.63, 3.8) is 0 Å². The van der Waals surface area contributed by atoms with Crippen molar-refractivity contribution in [1.29, 1.82) is 0 Å². The van der Waals surface area contributed by atoms with Crippen LogP contribution in [0.15, 0.2) is 12.4 Å². The predicted octanol–water partition coefficient (Wildman–Crippen LogP) is 2.80. The molecule has 2 bridgehead atoms. The van der Waals surface area contributed by atoms with E-state index >= 15 is 0 Å². The summed E-state index contributed by atoms with van der Waals surface area (Å²) in [6, 6.07) is -0.511. The number of aromatic nitrogens is 2. The summed E-state index contributed by atoms with van der Waals surface area (Å²) in [6.45, 7) is 6.37. The number of nitrogens with zero attached hydrogens (tertiary/aromatic N) is 3. The first-order valence-electron chi connectivity index (χ1n) is 11.6. The van der Waals surface area contributed by atoms with E-state index < -0.39 is 11.7 Å². The van der Waals surface area contributed by atoms with E-state index in [4.69, 9.17) is 14.2 Å². The van der Waals surface area contributed by atoms with Gasteiger partial charge in [0.1, 0.15) is 11.3 Å². The average molecular weight is 447 g/mol. The molecular weight excluding hydrogens is 412 g/mol. The Morgan fingerprint density at radius 3 is 2.66 bits per heavy atom. The van der Waals surface area contributed by atoms with E-state index in [1.807, 2.05) is 20.8 Å². The van der Waals surface area contributed by atoms with Crippen LogP contribution in [0.25, 0.3) is 0 Å². The molecule has 0 aromatic carbocycles. The number of hydrogen-bond donors (Lipinski definition) is 1. The Labute approximate surface area is 189 Å². The summed E-state index contributed by atoms with van der Waals surface area (Å²) in [7, 11) is 0. The molecule has 4 aliphatic rings. The van der Waals surface area contributed by atoms with E-state index in [1.165, 1.54) is 0 Å². The fourth-order valence-electron chi connectivity index (χ4n) is 4.88. The number of fused-ring (bicyclic) bond motifs is 5. The molecule has 1 aromatic rings. The van der Waals surface area contributed by atoms with Crippen LogP contribution in [0, 0.1) is 0 Å². The summed E-state index contributed by atoms with van der Waals surface area (Å²) < 4.78 is 17.6. The standard InChI is InChI=1S/C23H34N4O5/c1-23(2,3)32-22(29)26-17-5-4-12-27-18(17)13-30-16-8-6-15(7-9-16)20-21(25-11-10-24-20)31-14-19(27)28/h10-11,15-18H,4-9,12-14H2,1-3H3,(H,26,29)/t15?,16?,17-,18-/m0/s1. The van der Waals surface area contributed by atoms with Gasteiger partial charge in [-0.15, -0.1) is 0 Å². The van der Waals surface area contributed by atoms with Crippen molar-refractivity contribution in [2.24, 2.45) is 0 Å². The smallest absolute Gasteiger partial charge is 0.407 e. The zero-order chi connectivity index (χ0) is 22.7. The van der Waals surface area contributed by atoms with Crippen LogP contribution in [-0.4, -0.2) is 70.4 Å². The summed E-state index contributed by atoms with van der Waals surface area (Å²) >= 11 is 0. The maximum Gasteiger partial charge on any atom is 0.407 e. The Hall–Kier alpha value is -2.42. The monoisotopic (exact) mass is 446 g/mol. The third kappa shape index (κ3) is 5.49. The lowest BCUT2D eigenvalue weighted by molar-refractivity contribution is -0.141. The highest BCUT2D eigenvalue weighted by atomic mass is 16.6. The Morgan fingerprint density at radius 1 is 1.16 bits per heavy atom. The molecule has 5 rings (SSSR count). The van der Waals surface area contributed by atoms with Crippen LogP contribution in [-0.2, 0) is 14.3 Å². The van der Waals surface area contributed by atoms with Crippen LogP contribution in [0.5, 0.6) is 5.88 Å². The second-order valence-electron chi connectivity index (χ2n) is 9.89. The number of piperidine rings is 1. The SMILES string of the molecule is CC(C)(C)OC(=O)N[C@H]1CCCN2C(=O)COc3nccnc3C3CCC(CC3)OC[C@@H]12. The third-order valence-corrected chi connectivity index (χ3v) is 6.39. The van der Waals surface area contributed by atoms with Crippen molar-refractivity contribution in [3.8, 4) is 5.88 Å². The molecule has 1 saturated heterocycles. The molecule has 9 nitrogen and oxygen atoms in total. The second kappa shape index (κ2) is 9.60. The zero-order valence-electron chi connectivity index (χ0n) is 19.2. The first-order chi connectivity index (χ1) is 15.3. The predicted molar refractivity (Wildman–Crippen MR) is 116 cm³/mol. The molecule has 176 valence electrons. The highest BCUT2D eigenvalue weighted by Crippen LogP contribution is 2.37. The van der Waals surface area contributed by atoms with E-state index in [-0.39, 0.29) is 36.6 Å². The van der Waals surface area contributed by atoms with Crippen LogP contribution in [0.2, 0.25) is 0 Å². The molecule has 3 aliphatic heterocycles. The highest BCUT2D eigenvalue weighted by Gasteiger charge is 2.38. The largest absolute Gasteiger partial charge is 0.466 e. The van der Waals surface area contributed by atoms with Gasteiger partial charge in [0.25, 0.3) is 5.91 Å². The number of carbonyl (C=O) groups is 2. The molecular formula is C23H34N4O5. The summed E-state index contributed by atoms with van der Waals surface area (Å²) in [5.41, 5.74) is 0.244. The number of rotatable bonds is 1. The maximum atomic E-state index is 13.2. The number of nitrogens with one attached hydrogen (secondary N) is 1. The number of alkyl carbamates (subject to hydrolysis) is 1. The van der Waals surface area contributed by atoms with Gasteiger partial charge < -0.3 is 24.4 Å². The number of carbonyl (C=O) groups excluding carboxylic acids is 2. The van der Waals surface area contributed by atoms with Crippen LogP contribution < -0.4 is 10.1 Å². The average Bonchev–Trinajstić information content (AvgIpc) is 2.76. The summed E-state index contributed by atoms with van der Waals surface area (Å²) in [5, 5.41) is 2.98. The van der Waals surface area contributed by atoms with Gasteiger partial charge in [-0.25, -0.2) is 9.78 Å². The van der Waals surface area contributed by atoms with Crippen molar-refractivity contribution < 1.29 is 23.8 Å². The summed E-state index contributed by atoms with van der Waals surface area (Å²) in [4.78, 5) is 36.3. The van der Waals surface area contributed by atoms with Crippen molar-refractivity contribution in [3.05, 3.63) is 18.1 Å². The molecule has 2 atom stereocenters. The van der Waals surface area contributed by atoms with Gasteiger partial charge in [0.15, 0.2) is 6.61 Å². The molecule has 2 amide bonds. The molecule has 32 heavy (non-hydrogen) atoms. The Balaban J connectivity index is 1.54. The lowest BCUT2D eigenvalue weighted by Crippen LogP contribution is -2.60. The number of hydrogen-bond acceptors (Lipinski definition) is 7.